The molecule has 1 nitrogen and oxygen atoms in total. The highest BCUT2D eigenvalue weighted by Crippen LogP contribution is 2.29. The van der Waals surface area contributed by atoms with Gasteiger partial charge in [0.1, 0.15) is 11.5 Å². The Morgan fingerprint density at radius 3 is 2.25 bits per heavy atom. The number of aliphatic imine (C=N–C) groups is 1. The zero-order valence-corrected chi connectivity index (χ0v) is 9.59. The Kier molecular flexibility index (Phi) is 3.90. The monoisotopic (exact) mass is 321 g/mol. The molecule has 0 aliphatic rings. The summed E-state index contributed by atoms with van der Waals surface area (Å²) in [6.07, 6.45) is -4.87. The van der Waals surface area contributed by atoms with Gasteiger partial charge in [-0.3, -0.25) is 0 Å². The third-order valence-electron chi connectivity index (χ3n) is 1.44. The summed E-state index contributed by atoms with van der Waals surface area (Å²) in [7, 11) is 0. The average Bonchev–Trinajstić information content (AvgIpc) is 2.12. The molecule has 0 spiro atoms. The van der Waals surface area contributed by atoms with E-state index in [1.807, 2.05) is 0 Å². The van der Waals surface area contributed by atoms with Crippen LogP contribution < -0.4 is 0 Å². The lowest BCUT2D eigenvalue weighted by molar-refractivity contribution is -0.0558. The Labute approximate surface area is 100 Å². The van der Waals surface area contributed by atoms with Crippen LogP contribution in [0, 0.1) is 11.6 Å². The quantitative estimate of drug-likeness (QED) is 0.408. The van der Waals surface area contributed by atoms with Crippen LogP contribution in [0.4, 0.5) is 27.6 Å². The van der Waals surface area contributed by atoms with Gasteiger partial charge in [0.15, 0.2) is 5.82 Å². The molecule has 16 heavy (non-hydrogen) atoms. The molecular weight excluding hydrogens is 320 g/mol. The van der Waals surface area contributed by atoms with E-state index in [2.05, 4.69) is 20.9 Å². The molecule has 0 amide bonds. The van der Waals surface area contributed by atoms with Crippen molar-refractivity contribution < 1.29 is 22.0 Å². The van der Waals surface area contributed by atoms with Gasteiger partial charge in [0.05, 0.1) is 4.47 Å². The number of hydrogen-bond acceptors (Lipinski definition) is 1. The van der Waals surface area contributed by atoms with Gasteiger partial charge < -0.3 is 0 Å². The molecule has 8 heteroatoms. The molecule has 88 valence electrons. The molecule has 0 heterocycles. The second-order valence-electron chi connectivity index (χ2n) is 2.62. The number of alkyl halides is 3. The Morgan fingerprint density at radius 1 is 1.19 bits per heavy atom. The topological polar surface area (TPSA) is 12.4 Å². The van der Waals surface area contributed by atoms with Gasteiger partial charge in [0, 0.05) is 6.07 Å². The third kappa shape index (κ3) is 3.15. The fourth-order valence-corrected chi connectivity index (χ4v) is 1.19. The van der Waals surface area contributed by atoms with E-state index in [1.165, 1.54) is 0 Å². The van der Waals surface area contributed by atoms with Crippen molar-refractivity contribution in [1.29, 1.82) is 0 Å². The standard InChI is InChI=1S/C8H2BrClF5N/c9-3-1-6(5(12)2-4(3)11)16-7(10)8(13,14)15/h1-2H. The van der Waals surface area contributed by atoms with Crippen LogP contribution in [0.1, 0.15) is 0 Å². The molecule has 0 unspecified atom stereocenters. The summed E-state index contributed by atoms with van der Waals surface area (Å²) in [6, 6.07) is 1.17. The molecule has 0 N–H and O–H groups in total. The normalized spacial score (nSPS) is 13.1. The van der Waals surface area contributed by atoms with Crippen LogP contribution in [0.2, 0.25) is 0 Å². The molecule has 0 saturated carbocycles. The maximum Gasteiger partial charge on any atom is 0.444 e. The van der Waals surface area contributed by atoms with E-state index in [0.717, 1.165) is 6.07 Å². The lowest BCUT2D eigenvalue weighted by Gasteiger charge is -2.04. The Balaban J connectivity index is 3.21. The molecule has 1 rings (SSSR count). The van der Waals surface area contributed by atoms with Crippen molar-refractivity contribution in [2.24, 2.45) is 4.99 Å². The average molecular weight is 322 g/mol. The number of halogens is 7. The van der Waals surface area contributed by atoms with Gasteiger partial charge in [-0.2, -0.15) is 13.2 Å². The van der Waals surface area contributed by atoms with Gasteiger partial charge in [-0.15, -0.1) is 0 Å². The van der Waals surface area contributed by atoms with E-state index < -0.39 is 28.7 Å². The van der Waals surface area contributed by atoms with Crippen molar-refractivity contribution >= 4 is 38.4 Å². The van der Waals surface area contributed by atoms with Crippen LogP contribution in [-0.2, 0) is 0 Å². The highest BCUT2D eigenvalue weighted by molar-refractivity contribution is 9.10. The minimum absolute atomic E-state index is 0.209. The van der Waals surface area contributed by atoms with E-state index in [0.29, 0.717) is 6.07 Å². The van der Waals surface area contributed by atoms with E-state index >= 15 is 0 Å². The lowest BCUT2D eigenvalue weighted by atomic mass is 10.3. The first-order chi connectivity index (χ1) is 7.21. The lowest BCUT2D eigenvalue weighted by Crippen LogP contribution is -2.16. The van der Waals surface area contributed by atoms with E-state index in [1.54, 1.807) is 0 Å². The predicted octanol–water partition coefficient (Wildman–Crippen LogP) is 4.56. The zero-order valence-electron chi connectivity index (χ0n) is 7.25. The second-order valence-corrected chi connectivity index (χ2v) is 3.83. The fourth-order valence-electron chi connectivity index (χ4n) is 0.767. The Hall–Kier alpha value is -0.690. The number of rotatable bonds is 1. The van der Waals surface area contributed by atoms with Crippen LogP contribution >= 0.6 is 27.5 Å². The summed E-state index contributed by atoms with van der Waals surface area (Å²) in [5, 5.41) is -1.73. The number of hydrogen-bond donors (Lipinski definition) is 0. The van der Waals surface area contributed by atoms with Crippen molar-refractivity contribution in [3.63, 3.8) is 0 Å². The minimum atomic E-state index is -4.87. The van der Waals surface area contributed by atoms with Crippen molar-refractivity contribution in [1.82, 2.24) is 0 Å². The number of benzene rings is 1. The summed E-state index contributed by atoms with van der Waals surface area (Å²) in [6.45, 7) is 0. The van der Waals surface area contributed by atoms with E-state index in [-0.39, 0.29) is 4.47 Å². The summed E-state index contributed by atoms with van der Waals surface area (Å²) in [5.41, 5.74) is -0.699. The van der Waals surface area contributed by atoms with E-state index in [4.69, 9.17) is 11.6 Å². The molecule has 0 aliphatic carbocycles. The van der Waals surface area contributed by atoms with Gasteiger partial charge in [-0.05, 0) is 22.0 Å². The summed E-state index contributed by atoms with van der Waals surface area (Å²) >= 11 is 7.49. The van der Waals surface area contributed by atoms with Crippen molar-refractivity contribution in [3.05, 3.63) is 28.2 Å². The van der Waals surface area contributed by atoms with Crippen molar-refractivity contribution in [2.45, 2.75) is 6.18 Å². The molecule has 0 saturated heterocycles. The Morgan fingerprint density at radius 2 is 1.75 bits per heavy atom. The fraction of sp³-hybridized carbons (Fsp3) is 0.125. The maximum absolute atomic E-state index is 13.0. The van der Waals surface area contributed by atoms with Crippen LogP contribution in [0.15, 0.2) is 21.6 Å². The van der Waals surface area contributed by atoms with Crippen LogP contribution in [0.5, 0.6) is 0 Å². The van der Waals surface area contributed by atoms with Gasteiger partial charge in [-0.1, -0.05) is 11.6 Å². The summed E-state index contributed by atoms with van der Waals surface area (Å²) in [5.74, 6) is -2.18. The molecular formula is C8H2BrClF5N. The smallest absolute Gasteiger partial charge is 0.229 e. The molecule has 0 bridgehead atoms. The van der Waals surface area contributed by atoms with Gasteiger partial charge in [0.2, 0.25) is 5.17 Å². The first-order valence-corrected chi connectivity index (χ1v) is 4.85. The van der Waals surface area contributed by atoms with Crippen LogP contribution in [0.3, 0.4) is 0 Å². The molecule has 1 aromatic rings. The molecule has 1 aromatic carbocycles. The SMILES string of the molecule is Fc1cc(F)c(N=C(Cl)C(F)(F)F)cc1Br. The van der Waals surface area contributed by atoms with Crippen LogP contribution in [0.25, 0.3) is 0 Å². The highest BCUT2D eigenvalue weighted by atomic mass is 79.9. The minimum Gasteiger partial charge on any atom is -0.229 e. The second kappa shape index (κ2) is 4.67. The molecule has 0 atom stereocenters. The maximum atomic E-state index is 13.0. The summed E-state index contributed by atoms with van der Waals surface area (Å²) in [4.78, 5) is 2.82. The summed E-state index contributed by atoms with van der Waals surface area (Å²) < 4.78 is 61.4. The number of nitrogens with zero attached hydrogens (tertiary/aromatic N) is 1. The largest absolute Gasteiger partial charge is 0.444 e. The van der Waals surface area contributed by atoms with E-state index in [9.17, 15) is 22.0 Å². The Bertz CT molecular complexity index is 443. The predicted molar refractivity (Wildman–Crippen MR) is 53.1 cm³/mol. The van der Waals surface area contributed by atoms with Crippen molar-refractivity contribution in [3.8, 4) is 0 Å². The molecule has 0 aromatic heterocycles. The molecule has 0 fully saturated rings. The molecule has 0 aliphatic heterocycles. The zero-order chi connectivity index (χ0) is 12.5. The van der Waals surface area contributed by atoms with Gasteiger partial charge in [-0.25, -0.2) is 13.8 Å². The first-order valence-electron chi connectivity index (χ1n) is 3.67. The van der Waals surface area contributed by atoms with Gasteiger partial charge in [0.25, 0.3) is 0 Å². The van der Waals surface area contributed by atoms with Gasteiger partial charge >= 0.3 is 6.18 Å². The van der Waals surface area contributed by atoms with Crippen molar-refractivity contribution in [2.75, 3.05) is 0 Å². The third-order valence-corrected chi connectivity index (χ3v) is 2.35. The molecule has 0 radical (unpaired) electrons. The highest BCUT2D eigenvalue weighted by Gasteiger charge is 2.34. The van der Waals surface area contributed by atoms with Crippen LogP contribution in [-0.4, -0.2) is 11.3 Å². The first kappa shape index (κ1) is 13.4.